The molecule has 1 aromatic carbocycles. The number of aromatic nitrogens is 1. The molecule has 0 aliphatic carbocycles. The quantitative estimate of drug-likeness (QED) is 0.824. The van der Waals surface area contributed by atoms with Crippen molar-refractivity contribution in [3.05, 3.63) is 55.1 Å². The number of nitrogens with one attached hydrogen (secondary N) is 1. The van der Waals surface area contributed by atoms with Gasteiger partial charge in [0.1, 0.15) is 4.88 Å². The molecule has 1 heterocycles. The maximum absolute atomic E-state index is 12.3. The van der Waals surface area contributed by atoms with Crippen molar-refractivity contribution in [3.8, 4) is 0 Å². The normalized spacial score (nSPS) is 10.8. The molecule has 124 valence electrons. The van der Waals surface area contributed by atoms with Crippen molar-refractivity contribution in [2.24, 2.45) is 0 Å². The molecule has 0 aliphatic heterocycles. The predicted molar refractivity (Wildman–Crippen MR) is 92.5 cm³/mol. The number of methoxy groups -OCH3 is 1. The van der Waals surface area contributed by atoms with Crippen molar-refractivity contribution < 1.29 is 9.53 Å². The van der Waals surface area contributed by atoms with Crippen LogP contribution in [-0.4, -0.2) is 30.7 Å². The van der Waals surface area contributed by atoms with E-state index < -0.39 is 0 Å². The van der Waals surface area contributed by atoms with Gasteiger partial charge in [-0.25, -0.2) is 0 Å². The molecule has 0 radical (unpaired) electrons. The van der Waals surface area contributed by atoms with Gasteiger partial charge in [-0.2, -0.15) is 0 Å². The number of rotatable bonds is 6. The molecule has 0 fully saturated rings. The number of benzene rings is 1. The van der Waals surface area contributed by atoms with Crippen LogP contribution in [0.1, 0.15) is 32.1 Å². The molecule has 0 bridgehead atoms. The molecule has 0 saturated heterocycles. The van der Waals surface area contributed by atoms with Crippen LogP contribution in [0.4, 0.5) is 0 Å². The Morgan fingerprint density at radius 3 is 2.52 bits per heavy atom. The minimum absolute atomic E-state index is 0.109. The summed E-state index contributed by atoms with van der Waals surface area (Å²) in [7, 11) is 1.58. The summed E-state index contributed by atoms with van der Waals surface area (Å²) in [6.45, 7) is 7.25. The summed E-state index contributed by atoms with van der Waals surface area (Å²) in [5.41, 5.74) is 4.13. The highest BCUT2D eigenvalue weighted by atomic mass is 32.1. The molecule has 0 saturated carbocycles. The molecule has 0 spiro atoms. The van der Waals surface area contributed by atoms with Crippen molar-refractivity contribution in [1.82, 2.24) is 9.88 Å². The number of nitrogens with zero attached hydrogens (tertiary/aromatic N) is 1. The van der Waals surface area contributed by atoms with Gasteiger partial charge < -0.3 is 10.1 Å². The summed E-state index contributed by atoms with van der Waals surface area (Å²) in [5.74, 6) is -0.220. The summed E-state index contributed by atoms with van der Waals surface area (Å²) >= 11 is 0.993. The Balaban J connectivity index is 2.28. The summed E-state index contributed by atoms with van der Waals surface area (Å²) in [5, 5.41) is 2.76. The van der Waals surface area contributed by atoms with Crippen LogP contribution in [0.25, 0.3) is 0 Å². The van der Waals surface area contributed by atoms with E-state index in [0.717, 1.165) is 28.0 Å². The van der Waals surface area contributed by atoms with Crippen LogP contribution in [0.2, 0.25) is 0 Å². The second-order valence-electron chi connectivity index (χ2n) is 5.49. The molecule has 1 aromatic heterocycles. The van der Waals surface area contributed by atoms with Gasteiger partial charge in [-0.05, 0) is 37.5 Å². The second kappa shape index (κ2) is 7.57. The van der Waals surface area contributed by atoms with Crippen LogP contribution in [0.15, 0.2) is 23.0 Å². The largest absolute Gasteiger partial charge is 0.383 e. The average molecular weight is 334 g/mol. The van der Waals surface area contributed by atoms with Gasteiger partial charge in [-0.15, -0.1) is 0 Å². The maximum atomic E-state index is 12.3. The lowest BCUT2D eigenvalue weighted by atomic mass is 10.0. The topological polar surface area (TPSA) is 60.3 Å². The first-order valence-electron chi connectivity index (χ1n) is 7.48. The van der Waals surface area contributed by atoms with Gasteiger partial charge in [0.25, 0.3) is 5.91 Å². The van der Waals surface area contributed by atoms with E-state index in [0.29, 0.717) is 30.3 Å². The number of aryl methyl sites for hydroxylation is 2. The first kappa shape index (κ1) is 17.4. The van der Waals surface area contributed by atoms with Crippen LogP contribution in [0.5, 0.6) is 0 Å². The Morgan fingerprint density at radius 2 is 1.91 bits per heavy atom. The molecular formula is C17H22N2O3S. The SMILES string of the molecule is COCCNC(=O)c1sc(=O)n(Cc2c(C)cccc2C)c1C. The maximum Gasteiger partial charge on any atom is 0.308 e. The van der Waals surface area contributed by atoms with Gasteiger partial charge in [0.05, 0.1) is 13.2 Å². The zero-order valence-electron chi connectivity index (χ0n) is 13.9. The van der Waals surface area contributed by atoms with Crippen LogP contribution < -0.4 is 10.2 Å². The average Bonchev–Trinajstić information content (AvgIpc) is 2.79. The van der Waals surface area contributed by atoms with E-state index in [9.17, 15) is 9.59 Å². The number of thiazole rings is 1. The lowest BCUT2D eigenvalue weighted by Crippen LogP contribution is -2.27. The fraction of sp³-hybridized carbons (Fsp3) is 0.412. The first-order valence-corrected chi connectivity index (χ1v) is 8.29. The molecule has 23 heavy (non-hydrogen) atoms. The van der Waals surface area contributed by atoms with Crippen molar-refractivity contribution in [1.29, 1.82) is 0 Å². The Hall–Kier alpha value is -1.92. The summed E-state index contributed by atoms with van der Waals surface area (Å²) in [6, 6.07) is 6.08. The van der Waals surface area contributed by atoms with Gasteiger partial charge in [-0.1, -0.05) is 29.5 Å². The zero-order chi connectivity index (χ0) is 17.0. The fourth-order valence-corrected chi connectivity index (χ4v) is 3.38. The molecule has 1 amide bonds. The Bertz CT molecular complexity index is 741. The Morgan fingerprint density at radius 1 is 1.26 bits per heavy atom. The number of hydrogen-bond donors (Lipinski definition) is 1. The number of carbonyl (C=O) groups is 1. The molecule has 2 rings (SSSR count). The van der Waals surface area contributed by atoms with Crippen LogP contribution >= 0.6 is 11.3 Å². The van der Waals surface area contributed by atoms with Crippen LogP contribution in [-0.2, 0) is 11.3 Å². The third-order valence-electron chi connectivity index (χ3n) is 3.90. The highest BCUT2D eigenvalue weighted by Gasteiger charge is 2.18. The summed E-state index contributed by atoms with van der Waals surface area (Å²) in [4.78, 5) is 24.8. The number of hydrogen-bond acceptors (Lipinski definition) is 4. The van der Waals surface area contributed by atoms with Gasteiger partial charge in [0.2, 0.25) is 0 Å². The molecule has 6 heteroatoms. The van der Waals surface area contributed by atoms with E-state index in [1.165, 1.54) is 0 Å². The Labute approximate surface area is 139 Å². The second-order valence-corrected chi connectivity index (χ2v) is 6.45. The minimum Gasteiger partial charge on any atom is -0.383 e. The van der Waals surface area contributed by atoms with E-state index >= 15 is 0 Å². The van der Waals surface area contributed by atoms with Crippen LogP contribution in [0, 0.1) is 20.8 Å². The summed E-state index contributed by atoms with van der Waals surface area (Å²) in [6.07, 6.45) is 0. The van der Waals surface area contributed by atoms with E-state index in [1.54, 1.807) is 11.7 Å². The van der Waals surface area contributed by atoms with E-state index in [4.69, 9.17) is 4.74 Å². The molecule has 0 unspecified atom stereocenters. The monoisotopic (exact) mass is 334 g/mol. The number of amides is 1. The zero-order valence-corrected chi connectivity index (χ0v) is 14.8. The summed E-state index contributed by atoms with van der Waals surface area (Å²) < 4.78 is 6.59. The van der Waals surface area contributed by atoms with Gasteiger partial charge in [0, 0.05) is 19.3 Å². The van der Waals surface area contributed by atoms with E-state index in [-0.39, 0.29) is 10.8 Å². The third kappa shape index (κ3) is 3.89. The lowest BCUT2D eigenvalue weighted by Gasteiger charge is -2.11. The molecular weight excluding hydrogens is 312 g/mol. The fourth-order valence-electron chi connectivity index (χ4n) is 2.47. The molecule has 1 N–H and O–H groups in total. The highest BCUT2D eigenvalue weighted by molar-refractivity contribution is 7.11. The molecule has 5 nitrogen and oxygen atoms in total. The smallest absolute Gasteiger partial charge is 0.308 e. The lowest BCUT2D eigenvalue weighted by molar-refractivity contribution is 0.0940. The number of carbonyl (C=O) groups excluding carboxylic acids is 1. The molecule has 0 aliphatic rings. The van der Waals surface area contributed by atoms with E-state index in [2.05, 4.69) is 5.32 Å². The van der Waals surface area contributed by atoms with Crippen LogP contribution in [0.3, 0.4) is 0 Å². The highest BCUT2D eigenvalue weighted by Crippen LogP contribution is 2.18. The van der Waals surface area contributed by atoms with Crippen molar-refractivity contribution in [2.75, 3.05) is 20.3 Å². The Kier molecular flexibility index (Phi) is 5.74. The van der Waals surface area contributed by atoms with Gasteiger partial charge in [0.15, 0.2) is 0 Å². The third-order valence-corrected chi connectivity index (χ3v) is 4.98. The van der Waals surface area contributed by atoms with Crippen molar-refractivity contribution >= 4 is 17.2 Å². The van der Waals surface area contributed by atoms with Crippen molar-refractivity contribution in [3.63, 3.8) is 0 Å². The first-order chi connectivity index (χ1) is 11.0. The standard InChI is InChI=1S/C17H22N2O3S/c1-11-6-5-7-12(2)14(11)10-19-13(3)15(23-17(19)21)16(20)18-8-9-22-4/h5-7H,8-10H2,1-4H3,(H,18,20). The predicted octanol–water partition coefficient (Wildman–Crippen LogP) is 2.26. The minimum atomic E-state index is -0.220. The molecule has 2 aromatic rings. The molecule has 0 atom stereocenters. The number of ether oxygens (including phenoxy) is 1. The van der Waals surface area contributed by atoms with E-state index in [1.807, 2.05) is 39.0 Å². The van der Waals surface area contributed by atoms with Gasteiger partial charge in [-0.3, -0.25) is 14.2 Å². The van der Waals surface area contributed by atoms with Crippen molar-refractivity contribution in [2.45, 2.75) is 27.3 Å². The van der Waals surface area contributed by atoms with Gasteiger partial charge >= 0.3 is 4.87 Å².